The molecule has 0 saturated carbocycles. The Morgan fingerprint density at radius 3 is 2.22 bits per heavy atom. The van der Waals surface area contributed by atoms with Gasteiger partial charge in [0.1, 0.15) is 0 Å². The van der Waals surface area contributed by atoms with Crippen molar-refractivity contribution in [3.63, 3.8) is 0 Å². The first-order valence-electron chi connectivity index (χ1n) is 5.21. The predicted octanol–water partition coefficient (Wildman–Crippen LogP) is 1.56. The maximum atomic E-state index is 11.4. The molecule has 1 N–H and O–H groups in total. The molecule has 1 amide bonds. The van der Waals surface area contributed by atoms with Crippen molar-refractivity contribution in [1.82, 2.24) is 0 Å². The van der Waals surface area contributed by atoms with Crippen molar-refractivity contribution in [2.45, 2.75) is 6.92 Å². The number of rotatable bonds is 4. The molecule has 0 radical (unpaired) electrons. The molecule has 0 bridgehead atoms. The van der Waals surface area contributed by atoms with Gasteiger partial charge in [-0.05, 0) is 31.2 Å². The van der Waals surface area contributed by atoms with Crippen LogP contribution in [0.2, 0.25) is 0 Å². The number of carbonyl (C=O) groups is 3. The van der Waals surface area contributed by atoms with Crippen molar-refractivity contribution in [2.75, 3.05) is 12.4 Å². The highest BCUT2D eigenvalue weighted by atomic mass is 16.5. The van der Waals surface area contributed by atoms with Gasteiger partial charge in [-0.1, -0.05) is 0 Å². The van der Waals surface area contributed by atoms with Gasteiger partial charge < -0.3 is 10.1 Å². The van der Waals surface area contributed by atoms with Gasteiger partial charge in [-0.2, -0.15) is 0 Å². The second-order valence-corrected chi connectivity index (χ2v) is 3.48. The van der Waals surface area contributed by atoms with Gasteiger partial charge in [0.25, 0.3) is 0 Å². The number of nitrogens with one attached hydrogen (secondary N) is 1. The summed E-state index contributed by atoms with van der Waals surface area (Å²) in [5, 5.41) is 2.54. The van der Waals surface area contributed by atoms with Crippen molar-refractivity contribution >= 4 is 23.3 Å². The minimum atomic E-state index is -0.600. The summed E-state index contributed by atoms with van der Waals surface area (Å²) in [6.07, 6.45) is 2.10. The summed E-state index contributed by atoms with van der Waals surface area (Å²) in [7, 11) is 1.23. The van der Waals surface area contributed by atoms with E-state index >= 15 is 0 Å². The van der Waals surface area contributed by atoms with E-state index in [0.29, 0.717) is 11.3 Å². The second kappa shape index (κ2) is 6.34. The fraction of sp³-hybridized carbons (Fsp3) is 0.154. The van der Waals surface area contributed by atoms with Crippen LogP contribution in [0, 0.1) is 0 Å². The largest absolute Gasteiger partial charge is 0.466 e. The lowest BCUT2D eigenvalue weighted by Gasteiger charge is -2.02. The zero-order chi connectivity index (χ0) is 13.5. The van der Waals surface area contributed by atoms with Gasteiger partial charge >= 0.3 is 5.97 Å². The van der Waals surface area contributed by atoms with Gasteiger partial charge in [-0.3, -0.25) is 9.59 Å². The fourth-order valence-electron chi connectivity index (χ4n) is 1.18. The Morgan fingerprint density at radius 2 is 1.72 bits per heavy atom. The predicted molar refractivity (Wildman–Crippen MR) is 66.2 cm³/mol. The minimum absolute atomic E-state index is 0.0431. The molecule has 0 aliphatic carbocycles. The van der Waals surface area contributed by atoms with Crippen LogP contribution < -0.4 is 5.32 Å². The monoisotopic (exact) mass is 247 g/mol. The molecular formula is C13H13NO4. The number of hydrogen-bond acceptors (Lipinski definition) is 4. The summed E-state index contributed by atoms with van der Waals surface area (Å²) in [4.78, 5) is 33.2. The molecule has 5 nitrogen and oxygen atoms in total. The Morgan fingerprint density at radius 1 is 1.11 bits per heavy atom. The highest BCUT2D eigenvalue weighted by Crippen LogP contribution is 2.09. The van der Waals surface area contributed by atoms with Crippen molar-refractivity contribution < 1.29 is 19.1 Å². The maximum absolute atomic E-state index is 11.4. The number of methoxy groups -OCH3 is 1. The SMILES string of the molecule is COC(=O)/C=C\C(=O)Nc1ccc(C(C)=O)cc1. The van der Waals surface area contributed by atoms with E-state index in [0.717, 1.165) is 12.2 Å². The Balaban J connectivity index is 2.62. The molecule has 0 aromatic heterocycles. The van der Waals surface area contributed by atoms with E-state index < -0.39 is 11.9 Å². The maximum Gasteiger partial charge on any atom is 0.330 e. The molecule has 0 aliphatic rings. The molecule has 0 spiro atoms. The Hall–Kier alpha value is -2.43. The van der Waals surface area contributed by atoms with E-state index in [9.17, 15) is 14.4 Å². The summed E-state index contributed by atoms with van der Waals surface area (Å²) in [5.74, 6) is -1.09. The number of ether oxygens (including phenoxy) is 1. The van der Waals surface area contributed by atoms with Gasteiger partial charge in [0.15, 0.2) is 5.78 Å². The lowest BCUT2D eigenvalue weighted by molar-refractivity contribution is -0.135. The summed E-state index contributed by atoms with van der Waals surface area (Å²) >= 11 is 0. The van der Waals surface area contributed by atoms with E-state index in [2.05, 4.69) is 10.1 Å². The summed E-state index contributed by atoms with van der Waals surface area (Å²) in [5.41, 5.74) is 1.11. The number of amides is 1. The normalized spacial score (nSPS) is 10.1. The van der Waals surface area contributed by atoms with Gasteiger partial charge in [0.2, 0.25) is 5.91 Å². The molecule has 18 heavy (non-hydrogen) atoms. The Labute approximate surface area is 104 Å². The molecule has 5 heteroatoms. The number of esters is 1. The molecule has 0 heterocycles. The second-order valence-electron chi connectivity index (χ2n) is 3.48. The molecule has 0 atom stereocenters. The van der Waals surface area contributed by atoms with Crippen molar-refractivity contribution in [3.8, 4) is 0 Å². The van der Waals surface area contributed by atoms with Crippen LogP contribution in [-0.2, 0) is 14.3 Å². The molecular weight excluding hydrogens is 234 g/mol. The van der Waals surface area contributed by atoms with Crippen LogP contribution >= 0.6 is 0 Å². The van der Waals surface area contributed by atoms with E-state index in [1.54, 1.807) is 24.3 Å². The van der Waals surface area contributed by atoms with Crippen LogP contribution in [-0.4, -0.2) is 24.8 Å². The average molecular weight is 247 g/mol. The third-order valence-corrected chi connectivity index (χ3v) is 2.13. The lowest BCUT2D eigenvalue weighted by Crippen LogP contribution is -2.09. The summed E-state index contributed by atoms with van der Waals surface area (Å²) in [6, 6.07) is 6.45. The van der Waals surface area contributed by atoms with E-state index in [-0.39, 0.29) is 5.78 Å². The first kappa shape index (κ1) is 13.6. The van der Waals surface area contributed by atoms with Crippen molar-refractivity contribution in [3.05, 3.63) is 42.0 Å². The van der Waals surface area contributed by atoms with E-state index in [4.69, 9.17) is 0 Å². The van der Waals surface area contributed by atoms with Crippen molar-refractivity contribution in [2.24, 2.45) is 0 Å². The number of carbonyl (C=O) groups excluding carboxylic acids is 3. The van der Waals surface area contributed by atoms with Crippen LogP contribution in [0.15, 0.2) is 36.4 Å². The number of benzene rings is 1. The Bertz CT molecular complexity index is 488. The number of Topliss-reactive ketones (excluding diaryl/α,β-unsaturated/α-hetero) is 1. The zero-order valence-electron chi connectivity index (χ0n) is 10.1. The van der Waals surface area contributed by atoms with Gasteiger partial charge in [0, 0.05) is 23.4 Å². The van der Waals surface area contributed by atoms with Crippen molar-refractivity contribution in [1.29, 1.82) is 0 Å². The first-order valence-corrected chi connectivity index (χ1v) is 5.21. The number of anilines is 1. The Kier molecular flexibility index (Phi) is 4.80. The zero-order valence-corrected chi connectivity index (χ0v) is 10.1. The summed E-state index contributed by atoms with van der Waals surface area (Å²) < 4.78 is 4.35. The average Bonchev–Trinajstić information content (AvgIpc) is 2.36. The third-order valence-electron chi connectivity index (χ3n) is 2.13. The molecule has 0 aliphatic heterocycles. The number of hydrogen-bond donors (Lipinski definition) is 1. The van der Waals surface area contributed by atoms with E-state index in [1.807, 2.05) is 0 Å². The van der Waals surface area contributed by atoms with Gasteiger partial charge in [-0.25, -0.2) is 4.79 Å². The summed E-state index contributed by atoms with van der Waals surface area (Å²) in [6.45, 7) is 1.46. The minimum Gasteiger partial charge on any atom is -0.466 e. The van der Waals surface area contributed by atoms with Crippen LogP contribution in [0.3, 0.4) is 0 Å². The quantitative estimate of drug-likeness (QED) is 0.498. The molecule has 1 aromatic rings. The van der Waals surface area contributed by atoms with Crippen LogP contribution in [0.25, 0.3) is 0 Å². The van der Waals surface area contributed by atoms with Crippen LogP contribution in [0.5, 0.6) is 0 Å². The molecule has 94 valence electrons. The topological polar surface area (TPSA) is 72.5 Å². The first-order chi connectivity index (χ1) is 8.52. The standard InChI is InChI=1S/C13H13NO4/c1-9(15)10-3-5-11(6-4-10)14-12(16)7-8-13(17)18-2/h3-8H,1-2H3,(H,14,16)/b8-7-. The fourth-order valence-corrected chi connectivity index (χ4v) is 1.18. The highest BCUT2D eigenvalue weighted by molar-refractivity contribution is 6.02. The highest BCUT2D eigenvalue weighted by Gasteiger charge is 2.01. The molecule has 1 rings (SSSR count). The molecule has 0 fully saturated rings. The van der Waals surface area contributed by atoms with E-state index in [1.165, 1.54) is 14.0 Å². The molecule has 0 unspecified atom stereocenters. The third kappa shape index (κ3) is 4.21. The molecule has 1 aromatic carbocycles. The molecule has 0 saturated heterocycles. The van der Waals surface area contributed by atoms with Crippen LogP contribution in [0.4, 0.5) is 5.69 Å². The van der Waals surface area contributed by atoms with Gasteiger partial charge in [0.05, 0.1) is 7.11 Å². The number of ketones is 1. The lowest BCUT2D eigenvalue weighted by atomic mass is 10.1. The van der Waals surface area contributed by atoms with Gasteiger partial charge in [-0.15, -0.1) is 0 Å². The smallest absolute Gasteiger partial charge is 0.330 e. The van der Waals surface area contributed by atoms with Crippen LogP contribution in [0.1, 0.15) is 17.3 Å².